The Hall–Kier alpha value is -6.99. The van der Waals surface area contributed by atoms with Crippen molar-refractivity contribution in [2.24, 2.45) is 0 Å². The molecule has 0 aliphatic rings. The third-order valence-corrected chi connectivity index (χ3v) is 13.4. The molecule has 0 saturated heterocycles. The maximum absolute atomic E-state index is 6.58. The van der Waals surface area contributed by atoms with E-state index in [2.05, 4.69) is 133 Å². The predicted molar refractivity (Wildman–Crippen MR) is 240 cm³/mol. The molecule has 0 radical (unpaired) electrons. The summed E-state index contributed by atoms with van der Waals surface area (Å²) in [6, 6.07) is 61.8. The van der Waals surface area contributed by atoms with Gasteiger partial charge in [-0.05, 0) is 35.4 Å². The Morgan fingerprint density at radius 3 is 1.67 bits per heavy atom. The van der Waals surface area contributed by atoms with E-state index in [0.29, 0.717) is 17.5 Å². The van der Waals surface area contributed by atoms with Crippen molar-refractivity contribution >= 4 is 85.0 Å². The molecule has 0 aliphatic heterocycles. The fourth-order valence-corrected chi connectivity index (χ4v) is 10.9. The smallest absolute Gasteiger partial charge is 0.165 e. The Labute approximate surface area is 335 Å². The van der Waals surface area contributed by atoms with Gasteiger partial charge in [-0.25, -0.2) is 15.0 Å². The number of nitrogens with zero attached hydrogens (tertiary/aromatic N) is 3. The second-order valence-electron chi connectivity index (χ2n) is 14.2. The van der Waals surface area contributed by atoms with Gasteiger partial charge in [-0.3, -0.25) is 0 Å². The minimum absolute atomic E-state index is 0.656. The van der Waals surface area contributed by atoms with Crippen molar-refractivity contribution in [3.05, 3.63) is 176 Å². The minimum atomic E-state index is 0.656. The molecule has 4 nitrogen and oxygen atoms in total. The van der Waals surface area contributed by atoms with Crippen molar-refractivity contribution in [3.63, 3.8) is 0 Å². The van der Waals surface area contributed by atoms with Gasteiger partial charge in [0, 0.05) is 78.9 Å². The highest BCUT2D eigenvalue weighted by molar-refractivity contribution is 7.27. The fourth-order valence-electron chi connectivity index (χ4n) is 8.40. The number of thiophene rings is 2. The standard InChI is InChI=1S/C51H29N3OS2/c1-3-14-30(15-4-1)49-52-50(31-16-5-2-6-17-31)54-51(53-49)40-24-12-23-39-44-33(20-13-27-43(44)57-47(39)40)34-28-29-37(48-45(34)38-19-8-10-26-42(38)56-48)36-22-11-21-35-32-18-7-9-25-41(32)55-46(35)36/h1-29H. The molecule has 57 heavy (non-hydrogen) atoms. The highest BCUT2D eigenvalue weighted by atomic mass is 32.1. The van der Waals surface area contributed by atoms with E-state index < -0.39 is 0 Å². The number of furan rings is 1. The molecular weight excluding hydrogens is 735 g/mol. The van der Waals surface area contributed by atoms with E-state index in [1.165, 1.54) is 52.3 Å². The lowest BCUT2D eigenvalue weighted by Crippen LogP contribution is -2.00. The second-order valence-corrected chi connectivity index (χ2v) is 16.3. The molecule has 12 rings (SSSR count). The number of rotatable bonds is 5. The molecule has 12 aromatic rings. The van der Waals surface area contributed by atoms with E-state index >= 15 is 0 Å². The summed E-state index contributed by atoms with van der Waals surface area (Å²) in [5, 5.41) is 7.23. The third-order valence-electron chi connectivity index (χ3n) is 11.0. The average molecular weight is 764 g/mol. The molecule has 0 bridgehead atoms. The van der Waals surface area contributed by atoms with Crippen molar-refractivity contribution in [1.82, 2.24) is 15.0 Å². The molecule has 266 valence electrons. The summed E-state index contributed by atoms with van der Waals surface area (Å²) in [5.41, 5.74) is 9.46. The van der Waals surface area contributed by atoms with E-state index in [9.17, 15) is 0 Å². The lowest BCUT2D eigenvalue weighted by molar-refractivity contribution is 0.670. The summed E-state index contributed by atoms with van der Waals surface area (Å²) in [6.45, 7) is 0. The van der Waals surface area contributed by atoms with Gasteiger partial charge in [0.05, 0.1) is 0 Å². The minimum Gasteiger partial charge on any atom is -0.455 e. The summed E-state index contributed by atoms with van der Waals surface area (Å²) in [6.07, 6.45) is 0. The van der Waals surface area contributed by atoms with Gasteiger partial charge in [-0.15, -0.1) is 22.7 Å². The van der Waals surface area contributed by atoms with E-state index in [1.807, 2.05) is 53.8 Å². The van der Waals surface area contributed by atoms with Crippen molar-refractivity contribution in [3.8, 4) is 56.4 Å². The molecule has 0 N–H and O–H groups in total. The van der Waals surface area contributed by atoms with Crippen molar-refractivity contribution in [2.45, 2.75) is 0 Å². The molecular formula is C51H29N3OS2. The molecule has 6 heteroatoms. The Kier molecular flexibility index (Phi) is 7.24. The van der Waals surface area contributed by atoms with Gasteiger partial charge >= 0.3 is 0 Å². The number of para-hydroxylation sites is 2. The highest BCUT2D eigenvalue weighted by Gasteiger charge is 2.22. The van der Waals surface area contributed by atoms with Gasteiger partial charge < -0.3 is 4.42 Å². The van der Waals surface area contributed by atoms with Crippen molar-refractivity contribution in [2.75, 3.05) is 0 Å². The van der Waals surface area contributed by atoms with Crippen LogP contribution in [0.15, 0.2) is 180 Å². The molecule has 0 aliphatic carbocycles. The normalized spacial score (nSPS) is 11.9. The van der Waals surface area contributed by atoms with Crippen LogP contribution in [0.1, 0.15) is 0 Å². The van der Waals surface area contributed by atoms with Gasteiger partial charge in [-0.2, -0.15) is 0 Å². The van der Waals surface area contributed by atoms with Crippen LogP contribution in [0.25, 0.3) is 119 Å². The molecule has 8 aromatic carbocycles. The Balaban J connectivity index is 1.09. The van der Waals surface area contributed by atoms with Crippen LogP contribution in [-0.2, 0) is 0 Å². The van der Waals surface area contributed by atoms with Gasteiger partial charge in [0.15, 0.2) is 17.5 Å². The van der Waals surface area contributed by atoms with Gasteiger partial charge in [0.25, 0.3) is 0 Å². The Morgan fingerprint density at radius 2 is 0.877 bits per heavy atom. The summed E-state index contributed by atoms with van der Waals surface area (Å²) in [7, 11) is 0. The first-order valence-electron chi connectivity index (χ1n) is 18.9. The topological polar surface area (TPSA) is 51.8 Å². The largest absolute Gasteiger partial charge is 0.455 e. The van der Waals surface area contributed by atoms with Crippen LogP contribution in [0.2, 0.25) is 0 Å². The number of benzene rings is 8. The van der Waals surface area contributed by atoms with Gasteiger partial charge in [-0.1, -0.05) is 152 Å². The molecule has 0 saturated carbocycles. The quantitative estimate of drug-likeness (QED) is 0.175. The van der Waals surface area contributed by atoms with Crippen LogP contribution in [0.4, 0.5) is 0 Å². The Morgan fingerprint density at radius 1 is 0.333 bits per heavy atom. The van der Waals surface area contributed by atoms with Crippen molar-refractivity contribution < 1.29 is 4.42 Å². The monoisotopic (exact) mass is 763 g/mol. The molecule has 4 aromatic heterocycles. The SMILES string of the molecule is c1ccc(-c2nc(-c3ccccc3)nc(-c3cccc4c3sc3cccc(-c5ccc(-c6cccc7c6oc6ccccc67)c6sc7ccccc7c56)c34)n2)cc1. The summed E-state index contributed by atoms with van der Waals surface area (Å²) in [4.78, 5) is 15.2. The zero-order chi connectivity index (χ0) is 37.5. The zero-order valence-electron chi connectivity index (χ0n) is 30.3. The van der Waals surface area contributed by atoms with Crippen LogP contribution in [0.5, 0.6) is 0 Å². The number of aromatic nitrogens is 3. The molecule has 0 atom stereocenters. The lowest BCUT2D eigenvalue weighted by Gasteiger charge is -2.12. The number of hydrogen-bond acceptors (Lipinski definition) is 6. The van der Waals surface area contributed by atoms with E-state index in [4.69, 9.17) is 19.4 Å². The second kappa shape index (κ2) is 12.8. The van der Waals surface area contributed by atoms with E-state index in [0.717, 1.165) is 48.9 Å². The number of fused-ring (bicyclic) bond motifs is 9. The first kappa shape index (κ1) is 32.3. The highest BCUT2D eigenvalue weighted by Crippen LogP contribution is 2.50. The first-order valence-corrected chi connectivity index (χ1v) is 20.6. The zero-order valence-corrected chi connectivity index (χ0v) is 31.9. The molecule has 0 unspecified atom stereocenters. The molecule has 4 heterocycles. The fraction of sp³-hybridized carbons (Fsp3) is 0. The molecule has 0 fully saturated rings. The summed E-state index contributed by atoms with van der Waals surface area (Å²) >= 11 is 3.66. The van der Waals surface area contributed by atoms with Crippen LogP contribution < -0.4 is 0 Å². The molecule has 0 amide bonds. The summed E-state index contributed by atoms with van der Waals surface area (Å²) in [5.74, 6) is 1.98. The van der Waals surface area contributed by atoms with Crippen LogP contribution in [0, 0.1) is 0 Å². The maximum atomic E-state index is 6.58. The predicted octanol–water partition coefficient (Wildman–Crippen LogP) is 14.8. The van der Waals surface area contributed by atoms with Crippen molar-refractivity contribution in [1.29, 1.82) is 0 Å². The van der Waals surface area contributed by atoms with E-state index in [1.54, 1.807) is 11.3 Å². The Bertz CT molecular complexity index is 3470. The van der Waals surface area contributed by atoms with Crippen LogP contribution in [-0.4, -0.2) is 15.0 Å². The average Bonchev–Trinajstić information content (AvgIpc) is 3.98. The summed E-state index contributed by atoms with van der Waals surface area (Å²) < 4.78 is 11.5. The lowest BCUT2D eigenvalue weighted by atomic mass is 9.92. The van der Waals surface area contributed by atoms with Crippen LogP contribution in [0.3, 0.4) is 0 Å². The third kappa shape index (κ3) is 5.08. The van der Waals surface area contributed by atoms with Gasteiger partial charge in [0.2, 0.25) is 0 Å². The number of hydrogen-bond donors (Lipinski definition) is 0. The first-order chi connectivity index (χ1) is 28.3. The van der Waals surface area contributed by atoms with E-state index in [-0.39, 0.29) is 0 Å². The molecule has 0 spiro atoms. The maximum Gasteiger partial charge on any atom is 0.165 e. The van der Waals surface area contributed by atoms with Crippen LogP contribution >= 0.6 is 22.7 Å². The van der Waals surface area contributed by atoms with Gasteiger partial charge in [0.1, 0.15) is 11.2 Å².